The Kier molecular flexibility index (Phi) is 4.62. The summed E-state index contributed by atoms with van der Waals surface area (Å²) in [6.45, 7) is 12.3. The van der Waals surface area contributed by atoms with Crippen molar-refractivity contribution in [3.05, 3.63) is 53.1 Å². The van der Waals surface area contributed by atoms with Crippen molar-refractivity contribution < 1.29 is 13.9 Å². The summed E-state index contributed by atoms with van der Waals surface area (Å²) >= 11 is 0. The third kappa shape index (κ3) is 4.05. The summed E-state index contributed by atoms with van der Waals surface area (Å²) in [6.07, 6.45) is 0. The van der Waals surface area contributed by atoms with Crippen molar-refractivity contribution in [1.29, 1.82) is 0 Å². The summed E-state index contributed by atoms with van der Waals surface area (Å²) in [5, 5.41) is 13.6. The second-order valence-corrected chi connectivity index (χ2v) is 8.20. The summed E-state index contributed by atoms with van der Waals surface area (Å²) < 4.78 is 26.9. The molecule has 0 aliphatic carbocycles. The Morgan fingerprint density at radius 2 is 1.33 bits per heavy atom. The van der Waals surface area contributed by atoms with Crippen LogP contribution in [0.2, 0.25) is 0 Å². The molecule has 0 heterocycles. The van der Waals surface area contributed by atoms with E-state index in [-0.39, 0.29) is 22.3 Å². The molecule has 4 heteroatoms. The van der Waals surface area contributed by atoms with Crippen LogP contribution in [0.1, 0.15) is 52.7 Å². The molecule has 0 unspecified atom stereocenters. The Morgan fingerprint density at radius 3 is 1.79 bits per heavy atom. The molecule has 0 atom stereocenters. The van der Waals surface area contributed by atoms with Crippen molar-refractivity contribution in [2.45, 2.75) is 52.4 Å². The molecule has 2 aromatic carbocycles. The molecule has 24 heavy (non-hydrogen) atoms. The Morgan fingerprint density at radius 1 is 0.792 bits per heavy atom. The summed E-state index contributed by atoms with van der Waals surface area (Å²) in [4.78, 5) is 0. The highest BCUT2D eigenvalue weighted by Crippen LogP contribution is 2.41. The first-order chi connectivity index (χ1) is 10.9. The molecule has 0 spiro atoms. The molecule has 2 nitrogen and oxygen atoms in total. The molecule has 0 aliphatic rings. The topological polar surface area (TPSA) is 32.3 Å². The molecule has 0 fully saturated rings. The van der Waals surface area contributed by atoms with Gasteiger partial charge in [-0.25, -0.2) is 8.78 Å². The van der Waals surface area contributed by atoms with Gasteiger partial charge in [0.2, 0.25) is 0 Å². The van der Waals surface area contributed by atoms with Crippen LogP contribution in [0.15, 0.2) is 30.3 Å². The monoisotopic (exact) mass is 333 g/mol. The zero-order valence-corrected chi connectivity index (χ0v) is 15.1. The summed E-state index contributed by atoms with van der Waals surface area (Å²) in [7, 11) is 0. The molecule has 130 valence electrons. The lowest BCUT2D eigenvalue weighted by molar-refractivity contribution is 0.447. The zero-order chi connectivity index (χ0) is 18.3. The van der Waals surface area contributed by atoms with E-state index in [0.717, 1.165) is 17.2 Å². The van der Waals surface area contributed by atoms with Crippen molar-refractivity contribution in [3.63, 3.8) is 0 Å². The lowest BCUT2D eigenvalue weighted by atomic mass is 9.79. The van der Waals surface area contributed by atoms with Gasteiger partial charge in [-0.1, -0.05) is 47.6 Å². The number of rotatable bonds is 2. The molecule has 0 aromatic heterocycles. The van der Waals surface area contributed by atoms with Crippen molar-refractivity contribution in [3.8, 4) is 5.75 Å². The molecular formula is C20H25F2NO. The number of halogens is 2. The van der Waals surface area contributed by atoms with Crippen LogP contribution in [0.3, 0.4) is 0 Å². The predicted octanol–water partition coefficient (Wildman–Crippen LogP) is 6.01. The van der Waals surface area contributed by atoms with E-state index in [2.05, 4.69) is 26.1 Å². The summed E-state index contributed by atoms with van der Waals surface area (Å²) in [5.74, 6) is -1.24. The summed E-state index contributed by atoms with van der Waals surface area (Å²) in [6, 6.07) is 7.03. The molecule has 2 rings (SSSR count). The Hall–Kier alpha value is -2.10. The van der Waals surface area contributed by atoms with E-state index in [0.29, 0.717) is 5.69 Å². The van der Waals surface area contributed by atoms with Gasteiger partial charge in [0.05, 0.1) is 5.69 Å². The maximum Gasteiger partial charge on any atom is 0.142 e. The van der Waals surface area contributed by atoms with Crippen molar-refractivity contribution in [2.24, 2.45) is 0 Å². The number of hydrogen-bond donors (Lipinski definition) is 2. The predicted molar refractivity (Wildman–Crippen MR) is 95.1 cm³/mol. The van der Waals surface area contributed by atoms with Crippen LogP contribution in [-0.2, 0) is 10.8 Å². The van der Waals surface area contributed by atoms with Crippen molar-refractivity contribution >= 4 is 11.4 Å². The smallest absolute Gasteiger partial charge is 0.142 e. The fraction of sp³-hybridized carbons (Fsp3) is 0.400. The fourth-order valence-electron chi connectivity index (χ4n) is 2.52. The number of phenolic OH excluding ortho intramolecular Hbond substituents is 1. The molecule has 0 saturated heterocycles. The Labute approximate surface area is 142 Å². The molecule has 2 N–H and O–H groups in total. The van der Waals surface area contributed by atoms with E-state index in [4.69, 9.17) is 0 Å². The molecule has 0 amide bonds. The number of anilines is 2. The van der Waals surface area contributed by atoms with Gasteiger partial charge in [-0.3, -0.25) is 0 Å². The number of benzene rings is 2. The van der Waals surface area contributed by atoms with Gasteiger partial charge in [0.15, 0.2) is 0 Å². The SMILES string of the molecule is CC(C)(C)c1cc(Nc2cc(F)cc(F)c2)c(O)c(C(C)(C)C)c1. The second-order valence-electron chi connectivity index (χ2n) is 8.20. The quantitative estimate of drug-likeness (QED) is 0.660. The minimum absolute atomic E-state index is 0.0974. The third-order valence-electron chi connectivity index (χ3n) is 3.93. The number of phenols is 1. The number of aromatic hydroxyl groups is 1. The largest absolute Gasteiger partial charge is 0.505 e. The summed E-state index contributed by atoms with van der Waals surface area (Å²) in [5.41, 5.74) is 2.12. The average Bonchev–Trinajstić information content (AvgIpc) is 2.37. The molecule has 0 radical (unpaired) electrons. The van der Waals surface area contributed by atoms with Crippen LogP contribution in [-0.4, -0.2) is 5.11 Å². The highest BCUT2D eigenvalue weighted by Gasteiger charge is 2.25. The van der Waals surface area contributed by atoms with Crippen LogP contribution in [0.25, 0.3) is 0 Å². The highest BCUT2D eigenvalue weighted by atomic mass is 19.1. The van der Waals surface area contributed by atoms with Gasteiger partial charge < -0.3 is 10.4 Å². The van der Waals surface area contributed by atoms with Gasteiger partial charge in [0, 0.05) is 17.3 Å². The second kappa shape index (κ2) is 6.08. The first-order valence-electron chi connectivity index (χ1n) is 7.99. The van der Waals surface area contributed by atoms with E-state index in [1.165, 1.54) is 12.1 Å². The minimum atomic E-state index is -0.667. The van der Waals surface area contributed by atoms with Crippen LogP contribution < -0.4 is 5.32 Å². The molecule has 0 aliphatic heterocycles. The van der Waals surface area contributed by atoms with Crippen LogP contribution in [0.4, 0.5) is 20.2 Å². The van der Waals surface area contributed by atoms with Crippen LogP contribution >= 0.6 is 0 Å². The van der Waals surface area contributed by atoms with Gasteiger partial charge in [-0.2, -0.15) is 0 Å². The number of nitrogens with one attached hydrogen (secondary N) is 1. The Balaban J connectivity index is 2.60. The van der Waals surface area contributed by atoms with E-state index in [1.54, 1.807) is 0 Å². The average molecular weight is 333 g/mol. The normalized spacial score (nSPS) is 12.3. The maximum atomic E-state index is 13.4. The van der Waals surface area contributed by atoms with Gasteiger partial charge in [-0.05, 0) is 34.6 Å². The van der Waals surface area contributed by atoms with E-state index in [9.17, 15) is 13.9 Å². The first-order valence-corrected chi connectivity index (χ1v) is 7.99. The molecule has 2 aromatic rings. The first kappa shape index (κ1) is 18.2. The van der Waals surface area contributed by atoms with E-state index >= 15 is 0 Å². The third-order valence-corrected chi connectivity index (χ3v) is 3.93. The molecule has 0 saturated carbocycles. The zero-order valence-electron chi connectivity index (χ0n) is 15.1. The van der Waals surface area contributed by atoms with Gasteiger partial charge >= 0.3 is 0 Å². The molecule has 0 bridgehead atoms. The number of hydrogen-bond acceptors (Lipinski definition) is 2. The standard InChI is InChI=1S/C20H25F2NO/c1-19(2,3)12-7-16(20(4,5)6)18(24)17(8-12)23-15-10-13(21)9-14(22)11-15/h7-11,23-24H,1-6H3. The lowest BCUT2D eigenvalue weighted by Gasteiger charge is -2.27. The van der Waals surface area contributed by atoms with Crippen LogP contribution in [0, 0.1) is 11.6 Å². The van der Waals surface area contributed by atoms with Gasteiger partial charge in [0.25, 0.3) is 0 Å². The highest BCUT2D eigenvalue weighted by molar-refractivity contribution is 5.70. The van der Waals surface area contributed by atoms with E-state index < -0.39 is 11.6 Å². The lowest BCUT2D eigenvalue weighted by Crippen LogP contribution is -2.17. The fourth-order valence-corrected chi connectivity index (χ4v) is 2.52. The molecular weight excluding hydrogens is 308 g/mol. The Bertz CT molecular complexity index is 735. The van der Waals surface area contributed by atoms with Crippen LogP contribution in [0.5, 0.6) is 5.75 Å². The van der Waals surface area contributed by atoms with Crippen molar-refractivity contribution in [1.82, 2.24) is 0 Å². The van der Waals surface area contributed by atoms with E-state index in [1.807, 2.05) is 32.9 Å². The maximum absolute atomic E-state index is 13.4. The van der Waals surface area contributed by atoms with Gasteiger partial charge in [-0.15, -0.1) is 0 Å². The van der Waals surface area contributed by atoms with Gasteiger partial charge in [0.1, 0.15) is 17.4 Å². The van der Waals surface area contributed by atoms with Crippen molar-refractivity contribution in [2.75, 3.05) is 5.32 Å². The minimum Gasteiger partial charge on any atom is -0.505 e.